The highest BCUT2D eigenvalue weighted by atomic mass is 16.5. The third-order valence-electron chi connectivity index (χ3n) is 3.44. The zero-order valence-corrected chi connectivity index (χ0v) is 8.62. The Labute approximate surface area is 82.0 Å². The molecular formula is C10H18BNO. The van der Waals surface area contributed by atoms with Crippen molar-refractivity contribution in [1.29, 1.82) is 0 Å². The SMILES string of the molecule is [B]C1CN2CC(C)CC2(COC)C1. The molecule has 0 aromatic rings. The molecule has 0 aromatic carbocycles. The van der Waals surface area contributed by atoms with E-state index in [1.807, 2.05) is 0 Å². The summed E-state index contributed by atoms with van der Waals surface area (Å²) < 4.78 is 5.33. The van der Waals surface area contributed by atoms with Crippen LogP contribution in [0.3, 0.4) is 0 Å². The van der Waals surface area contributed by atoms with Crippen molar-refractivity contribution >= 4 is 7.85 Å². The van der Waals surface area contributed by atoms with Crippen molar-refractivity contribution in [2.75, 3.05) is 26.8 Å². The summed E-state index contributed by atoms with van der Waals surface area (Å²) in [6, 6.07) is 0. The molecule has 2 nitrogen and oxygen atoms in total. The van der Waals surface area contributed by atoms with E-state index in [4.69, 9.17) is 12.6 Å². The van der Waals surface area contributed by atoms with Crippen LogP contribution in [0.15, 0.2) is 0 Å². The van der Waals surface area contributed by atoms with Crippen LogP contribution in [0.1, 0.15) is 19.8 Å². The molecule has 3 heteroatoms. The number of fused-ring (bicyclic) bond motifs is 1. The first kappa shape index (κ1) is 9.54. The second kappa shape index (κ2) is 3.28. The minimum atomic E-state index is 0.285. The van der Waals surface area contributed by atoms with Crippen LogP contribution in [0.25, 0.3) is 0 Å². The normalized spacial score (nSPS) is 45.4. The minimum absolute atomic E-state index is 0.285. The molecule has 0 N–H and O–H groups in total. The van der Waals surface area contributed by atoms with Gasteiger partial charge in [-0.2, -0.15) is 0 Å². The molecule has 2 saturated heterocycles. The molecule has 2 fully saturated rings. The Morgan fingerprint density at radius 1 is 1.46 bits per heavy atom. The maximum absolute atomic E-state index is 5.99. The molecule has 0 aliphatic carbocycles. The van der Waals surface area contributed by atoms with Gasteiger partial charge in [-0.05, 0) is 25.3 Å². The summed E-state index contributed by atoms with van der Waals surface area (Å²) >= 11 is 0. The lowest BCUT2D eigenvalue weighted by Crippen LogP contribution is -2.42. The lowest BCUT2D eigenvalue weighted by Gasteiger charge is -2.31. The Morgan fingerprint density at radius 3 is 2.92 bits per heavy atom. The second-order valence-electron chi connectivity index (χ2n) is 4.84. The van der Waals surface area contributed by atoms with Crippen LogP contribution < -0.4 is 0 Å². The Balaban J connectivity index is 2.11. The molecule has 3 atom stereocenters. The molecule has 2 radical (unpaired) electrons. The molecule has 0 amide bonds. The van der Waals surface area contributed by atoms with Crippen molar-refractivity contribution in [3.63, 3.8) is 0 Å². The fourth-order valence-corrected chi connectivity index (χ4v) is 3.21. The van der Waals surface area contributed by atoms with Gasteiger partial charge in [0.25, 0.3) is 0 Å². The Hall–Kier alpha value is -0.0151. The smallest absolute Gasteiger partial charge is 0.0717 e. The molecule has 72 valence electrons. The molecule has 2 rings (SSSR count). The summed E-state index contributed by atoms with van der Waals surface area (Å²) in [5.74, 6) is 1.17. The van der Waals surface area contributed by atoms with E-state index in [-0.39, 0.29) is 5.54 Å². The van der Waals surface area contributed by atoms with Crippen LogP contribution in [0.4, 0.5) is 0 Å². The number of hydrogen-bond acceptors (Lipinski definition) is 2. The summed E-state index contributed by atoms with van der Waals surface area (Å²) in [5.41, 5.74) is 0.285. The highest BCUT2D eigenvalue weighted by Gasteiger charge is 2.49. The van der Waals surface area contributed by atoms with Crippen molar-refractivity contribution in [3.8, 4) is 0 Å². The summed E-state index contributed by atoms with van der Waals surface area (Å²) in [5, 5.41) is 0. The highest BCUT2D eigenvalue weighted by molar-refractivity contribution is 6.12. The lowest BCUT2D eigenvalue weighted by molar-refractivity contribution is 0.0654. The van der Waals surface area contributed by atoms with Crippen LogP contribution in [0.2, 0.25) is 5.82 Å². The predicted molar refractivity (Wildman–Crippen MR) is 54.1 cm³/mol. The van der Waals surface area contributed by atoms with Gasteiger partial charge in [0.1, 0.15) is 0 Å². The molecule has 2 aliphatic rings. The summed E-state index contributed by atoms with van der Waals surface area (Å²) in [6.45, 7) is 5.44. The van der Waals surface area contributed by atoms with E-state index in [0.29, 0.717) is 5.82 Å². The maximum atomic E-state index is 5.99. The van der Waals surface area contributed by atoms with Gasteiger partial charge >= 0.3 is 0 Å². The standard InChI is InChI=1S/C10H18BNO/c1-8-3-10(7-13-2)4-9(11)6-12(10)5-8/h8-9H,3-7H2,1-2H3. The van der Waals surface area contributed by atoms with Gasteiger partial charge in [0.05, 0.1) is 14.5 Å². The van der Waals surface area contributed by atoms with E-state index < -0.39 is 0 Å². The first-order valence-electron chi connectivity index (χ1n) is 5.16. The Kier molecular flexibility index (Phi) is 2.41. The largest absolute Gasteiger partial charge is 0.383 e. The van der Waals surface area contributed by atoms with E-state index >= 15 is 0 Å². The third kappa shape index (κ3) is 1.53. The summed E-state index contributed by atoms with van der Waals surface area (Å²) in [4.78, 5) is 2.53. The molecule has 0 bridgehead atoms. The van der Waals surface area contributed by atoms with Gasteiger partial charge in [0.15, 0.2) is 0 Å². The molecule has 13 heavy (non-hydrogen) atoms. The number of methoxy groups -OCH3 is 1. The predicted octanol–water partition coefficient (Wildman–Crippen LogP) is 1.07. The molecule has 0 aromatic heterocycles. The fraction of sp³-hybridized carbons (Fsp3) is 1.00. The molecule has 2 aliphatic heterocycles. The first-order valence-corrected chi connectivity index (χ1v) is 5.16. The topological polar surface area (TPSA) is 12.5 Å². The zero-order chi connectivity index (χ0) is 9.47. The monoisotopic (exact) mass is 179 g/mol. The fourth-order valence-electron chi connectivity index (χ4n) is 3.21. The molecule has 2 heterocycles. The minimum Gasteiger partial charge on any atom is -0.383 e. The lowest BCUT2D eigenvalue weighted by atomic mass is 9.79. The van der Waals surface area contributed by atoms with Crippen LogP contribution in [0.5, 0.6) is 0 Å². The molecule has 3 unspecified atom stereocenters. The van der Waals surface area contributed by atoms with Gasteiger partial charge in [0.2, 0.25) is 0 Å². The molecule has 0 spiro atoms. The molecular weight excluding hydrogens is 161 g/mol. The van der Waals surface area contributed by atoms with E-state index in [2.05, 4.69) is 11.8 Å². The van der Waals surface area contributed by atoms with Gasteiger partial charge in [-0.15, -0.1) is 0 Å². The van der Waals surface area contributed by atoms with Crippen molar-refractivity contribution in [2.24, 2.45) is 5.92 Å². The van der Waals surface area contributed by atoms with E-state index in [0.717, 1.165) is 25.5 Å². The van der Waals surface area contributed by atoms with Crippen LogP contribution in [-0.2, 0) is 4.74 Å². The first-order chi connectivity index (χ1) is 6.16. The van der Waals surface area contributed by atoms with Gasteiger partial charge in [-0.3, -0.25) is 4.90 Å². The van der Waals surface area contributed by atoms with Gasteiger partial charge in [0, 0.05) is 19.2 Å². The van der Waals surface area contributed by atoms with Crippen LogP contribution in [0, 0.1) is 5.92 Å². The number of ether oxygens (including phenoxy) is 1. The third-order valence-corrected chi connectivity index (χ3v) is 3.44. The van der Waals surface area contributed by atoms with Crippen molar-refractivity contribution in [1.82, 2.24) is 4.90 Å². The number of nitrogens with zero attached hydrogens (tertiary/aromatic N) is 1. The quantitative estimate of drug-likeness (QED) is 0.588. The Morgan fingerprint density at radius 2 is 2.23 bits per heavy atom. The van der Waals surface area contributed by atoms with Gasteiger partial charge < -0.3 is 4.74 Å². The number of rotatable bonds is 2. The van der Waals surface area contributed by atoms with E-state index in [9.17, 15) is 0 Å². The van der Waals surface area contributed by atoms with Crippen molar-refractivity contribution in [3.05, 3.63) is 0 Å². The van der Waals surface area contributed by atoms with Crippen LogP contribution >= 0.6 is 0 Å². The molecule has 0 saturated carbocycles. The zero-order valence-electron chi connectivity index (χ0n) is 8.62. The Bertz CT molecular complexity index is 183. The average molecular weight is 179 g/mol. The van der Waals surface area contributed by atoms with Crippen molar-refractivity contribution in [2.45, 2.75) is 31.1 Å². The highest BCUT2D eigenvalue weighted by Crippen LogP contribution is 2.44. The van der Waals surface area contributed by atoms with Crippen molar-refractivity contribution < 1.29 is 4.74 Å². The summed E-state index contributed by atoms with van der Waals surface area (Å²) in [6.07, 6.45) is 2.37. The summed E-state index contributed by atoms with van der Waals surface area (Å²) in [7, 11) is 7.78. The van der Waals surface area contributed by atoms with E-state index in [1.165, 1.54) is 13.0 Å². The van der Waals surface area contributed by atoms with Gasteiger partial charge in [-0.25, -0.2) is 0 Å². The second-order valence-corrected chi connectivity index (χ2v) is 4.84. The number of hydrogen-bond donors (Lipinski definition) is 0. The van der Waals surface area contributed by atoms with Crippen LogP contribution in [-0.4, -0.2) is 45.1 Å². The van der Waals surface area contributed by atoms with Gasteiger partial charge in [-0.1, -0.05) is 12.7 Å². The average Bonchev–Trinajstić information content (AvgIpc) is 2.40. The van der Waals surface area contributed by atoms with E-state index in [1.54, 1.807) is 7.11 Å². The maximum Gasteiger partial charge on any atom is 0.0717 e.